The van der Waals surface area contributed by atoms with Gasteiger partial charge in [-0.2, -0.15) is 0 Å². The second-order valence-corrected chi connectivity index (χ2v) is 5.25. The Bertz CT molecular complexity index is 547. The standard InChI is InChI=1S/C14H20FN3O3/c1-8(2)6-17-13(19)7-18(3)12-4-9(14(20)21)11(16)5-10(12)15/h4-5,8H,6-7,16H2,1-3H3,(H,17,19)(H,20,21). The molecule has 0 aliphatic heterocycles. The van der Waals surface area contributed by atoms with E-state index < -0.39 is 11.8 Å². The molecule has 0 aliphatic rings. The molecule has 0 fully saturated rings. The number of likely N-dealkylation sites (N-methyl/N-ethyl adjacent to an activating group) is 1. The van der Waals surface area contributed by atoms with Gasteiger partial charge >= 0.3 is 5.97 Å². The van der Waals surface area contributed by atoms with Gasteiger partial charge < -0.3 is 21.1 Å². The summed E-state index contributed by atoms with van der Waals surface area (Å²) >= 11 is 0. The Labute approximate surface area is 122 Å². The third-order valence-corrected chi connectivity index (χ3v) is 2.85. The quantitative estimate of drug-likeness (QED) is 0.688. The van der Waals surface area contributed by atoms with E-state index >= 15 is 0 Å². The molecule has 0 bridgehead atoms. The monoisotopic (exact) mass is 297 g/mol. The number of hydrogen-bond donors (Lipinski definition) is 3. The molecule has 21 heavy (non-hydrogen) atoms. The molecular formula is C14H20FN3O3. The van der Waals surface area contributed by atoms with Crippen LogP contribution in [0.5, 0.6) is 0 Å². The molecule has 1 rings (SSSR count). The van der Waals surface area contributed by atoms with Gasteiger partial charge in [0.25, 0.3) is 0 Å². The zero-order chi connectivity index (χ0) is 16.2. The number of aromatic carboxylic acids is 1. The number of nitrogens with zero attached hydrogens (tertiary/aromatic N) is 1. The van der Waals surface area contributed by atoms with Crippen LogP contribution in [0, 0.1) is 11.7 Å². The van der Waals surface area contributed by atoms with Gasteiger partial charge in [-0.15, -0.1) is 0 Å². The van der Waals surface area contributed by atoms with Crippen LogP contribution in [0.2, 0.25) is 0 Å². The smallest absolute Gasteiger partial charge is 0.337 e. The summed E-state index contributed by atoms with van der Waals surface area (Å²) in [6.07, 6.45) is 0. The third-order valence-electron chi connectivity index (χ3n) is 2.85. The molecule has 0 heterocycles. The minimum atomic E-state index is -1.24. The Hall–Kier alpha value is -2.31. The summed E-state index contributed by atoms with van der Waals surface area (Å²) in [6, 6.07) is 2.07. The lowest BCUT2D eigenvalue weighted by Gasteiger charge is -2.20. The van der Waals surface area contributed by atoms with Gasteiger partial charge in [-0.3, -0.25) is 4.79 Å². The minimum absolute atomic E-state index is 0.0151. The van der Waals surface area contributed by atoms with Crippen molar-refractivity contribution in [1.29, 1.82) is 0 Å². The van der Waals surface area contributed by atoms with Crippen LogP contribution in [0.3, 0.4) is 0 Å². The van der Waals surface area contributed by atoms with E-state index in [1.165, 1.54) is 11.9 Å². The first-order chi connectivity index (χ1) is 9.72. The Morgan fingerprint density at radius 3 is 2.57 bits per heavy atom. The molecule has 1 aromatic rings. The predicted molar refractivity (Wildman–Crippen MR) is 78.9 cm³/mol. The van der Waals surface area contributed by atoms with Crippen molar-refractivity contribution in [2.45, 2.75) is 13.8 Å². The van der Waals surface area contributed by atoms with E-state index in [1.54, 1.807) is 0 Å². The van der Waals surface area contributed by atoms with Gasteiger partial charge in [0.2, 0.25) is 5.91 Å². The maximum absolute atomic E-state index is 13.9. The number of hydrogen-bond acceptors (Lipinski definition) is 4. The van der Waals surface area contributed by atoms with Crippen molar-refractivity contribution in [2.24, 2.45) is 5.92 Å². The number of amides is 1. The number of carboxylic acids is 1. The predicted octanol–water partition coefficient (Wildman–Crippen LogP) is 1.31. The fourth-order valence-corrected chi connectivity index (χ4v) is 1.73. The van der Waals surface area contributed by atoms with Crippen molar-refractivity contribution >= 4 is 23.3 Å². The lowest BCUT2D eigenvalue weighted by molar-refractivity contribution is -0.119. The Kier molecular flexibility index (Phi) is 5.52. The zero-order valence-corrected chi connectivity index (χ0v) is 12.3. The highest BCUT2D eigenvalue weighted by molar-refractivity contribution is 5.95. The topological polar surface area (TPSA) is 95.7 Å². The minimum Gasteiger partial charge on any atom is -0.478 e. The number of nitrogens with two attached hydrogens (primary N) is 1. The third kappa shape index (κ3) is 4.62. The highest BCUT2D eigenvalue weighted by Crippen LogP contribution is 2.24. The van der Waals surface area contributed by atoms with Crippen molar-refractivity contribution in [1.82, 2.24) is 5.32 Å². The Balaban J connectivity index is 2.87. The summed E-state index contributed by atoms with van der Waals surface area (Å²) < 4.78 is 13.9. The van der Waals surface area contributed by atoms with E-state index in [4.69, 9.17) is 10.8 Å². The van der Waals surface area contributed by atoms with E-state index in [0.29, 0.717) is 12.5 Å². The van der Waals surface area contributed by atoms with Crippen LogP contribution < -0.4 is 16.0 Å². The number of carboxylic acid groups (broad SMARTS) is 1. The molecule has 1 amide bonds. The molecule has 7 heteroatoms. The molecule has 0 radical (unpaired) electrons. The highest BCUT2D eigenvalue weighted by atomic mass is 19.1. The molecule has 0 aromatic heterocycles. The molecule has 4 N–H and O–H groups in total. The maximum atomic E-state index is 13.9. The van der Waals surface area contributed by atoms with E-state index in [1.807, 2.05) is 13.8 Å². The summed E-state index contributed by atoms with van der Waals surface area (Å²) in [6.45, 7) is 4.37. The molecule has 0 aliphatic carbocycles. The van der Waals surface area contributed by atoms with Crippen molar-refractivity contribution in [3.8, 4) is 0 Å². The number of carbonyl (C=O) groups excluding carboxylic acids is 1. The fourth-order valence-electron chi connectivity index (χ4n) is 1.73. The SMILES string of the molecule is CC(C)CNC(=O)CN(C)c1cc(C(=O)O)c(N)cc1F. The van der Waals surface area contributed by atoms with Crippen molar-refractivity contribution in [2.75, 3.05) is 30.8 Å². The number of rotatable bonds is 6. The lowest BCUT2D eigenvalue weighted by atomic mass is 10.1. The molecule has 6 nitrogen and oxygen atoms in total. The average Bonchev–Trinajstić information content (AvgIpc) is 2.35. The highest BCUT2D eigenvalue weighted by Gasteiger charge is 2.17. The Morgan fingerprint density at radius 1 is 1.43 bits per heavy atom. The number of nitrogen functional groups attached to an aromatic ring is 1. The largest absolute Gasteiger partial charge is 0.478 e. The van der Waals surface area contributed by atoms with E-state index in [2.05, 4.69) is 5.32 Å². The van der Waals surface area contributed by atoms with Gasteiger partial charge in [-0.05, 0) is 18.1 Å². The second-order valence-electron chi connectivity index (χ2n) is 5.25. The van der Waals surface area contributed by atoms with Crippen molar-refractivity contribution < 1.29 is 19.1 Å². The van der Waals surface area contributed by atoms with Crippen LogP contribution in [0.25, 0.3) is 0 Å². The maximum Gasteiger partial charge on any atom is 0.337 e. The molecule has 1 aromatic carbocycles. The summed E-state index contributed by atoms with van der Waals surface area (Å²) in [5, 5.41) is 11.7. The molecule has 0 saturated heterocycles. The van der Waals surface area contributed by atoms with Gasteiger partial charge in [-0.1, -0.05) is 13.8 Å². The van der Waals surface area contributed by atoms with Crippen molar-refractivity contribution in [3.63, 3.8) is 0 Å². The van der Waals surface area contributed by atoms with Crippen LogP contribution >= 0.6 is 0 Å². The number of carbonyl (C=O) groups is 2. The van der Waals surface area contributed by atoms with E-state index in [9.17, 15) is 14.0 Å². The van der Waals surface area contributed by atoms with E-state index in [0.717, 1.165) is 12.1 Å². The van der Waals surface area contributed by atoms with Crippen LogP contribution in [-0.2, 0) is 4.79 Å². The number of nitrogens with one attached hydrogen (secondary N) is 1. The fraction of sp³-hybridized carbons (Fsp3) is 0.429. The average molecular weight is 297 g/mol. The zero-order valence-electron chi connectivity index (χ0n) is 12.3. The lowest BCUT2D eigenvalue weighted by Crippen LogP contribution is -2.37. The molecule has 0 spiro atoms. The van der Waals surface area contributed by atoms with Crippen molar-refractivity contribution in [3.05, 3.63) is 23.5 Å². The summed E-state index contributed by atoms with van der Waals surface area (Å²) in [5.41, 5.74) is 5.12. The van der Waals surface area contributed by atoms with Gasteiger partial charge in [0.1, 0.15) is 5.82 Å². The van der Waals surface area contributed by atoms with Gasteiger partial charge in [0, 0.05) is 19.3 Å². The first kappa shape index (κ1) is 16.7. The molecule has 116 valence electrons. The molecule has 0 unspecified atom stereocenters. The van der Waals surface area contributed by atoms with Gasteiger partial charge in [0.15, 0.2) is 0 Å². The van der Waals surface area contributed by atoms with Crippen LogP contribution in [0.15, 0.2) is 12.1 Å². The normalized spacial score (nSPS) is 10.5. The second kappa shape index (κ2) is 6.92. The number of halogens is 1. The molecule has 0 saturated carbocycles. The molecule has 0 atom stereocenters. The van der Waals surface area contributed by atoms with Crippen LogP contribution in [0.4, 0.5) is 15.8 Å². The summed E-state index contributed by atoms with van der Waals surface area (Å²) in [4.78, 5) is 24.1. The van der Waals surface area contributed by atoms with Gasteiger partial charge in [0.05, 0.1) is 17.8 Å². The van der Waals surface area contributed by atoms with E-state index in [-0.39, 0.29) is 29.4 Å². The van der Waals surface area contributed by atoms with Gasteiger partial charge in [-0.25, -0.2) is 9.18 Å². The van der Waals surface area contributed by atoms with Crippen LogP contribution in [-0.4, -0.2) is 37.1 Å². The number of benzene rings is 1. The Morgan fingerprint density at radius 2 is 2.05 bits per heavy atom. The first-order valence-corrected chi connectivity index (χ1v) is 6.52. The summed E-state index contributed by atoms with van der Waals surface area (Å²) in [5.74, 6) is -1.87. The molecular weight excluding hydrogens is 277 g/mol. The summed E-state index contributed by atoms with van der Waals surface area (Å²) in [7, 11) is 1.51. The number of anilines is 2. The van der Waals surface area contributed by atoms with Crippen LogP contribution in [0.1, 0.15) is 24.2 Å². The first-order valence-electron chi connectivity index (χ1n) is 6.52.